The molecule has 0 spiro atoms. The number of pyridine rings is 1. The van der Waals surface area contributed by atoms with Crippen LogP contribution < -0.4 is 0 Å². The molecule has 7 aromatic carbocycles. The minimum Gasteiger partial charge on any atom is -0.507 e. The molecule has 3 aromatic heterocycles. The van der Waals surface area contributed by atoms with Crippen molar-refractivity contribution < 1.29 is 26.2 Å². The zero-order chi connectivity index (χ0) is 42.0. The van der Waals surface area contributed by atoms with E-state index in [-0.39, 0.29) is 37.6 Å². The molecular formula is C56H47N4OPt-. The predicted octanol–water partition coefficient (Wildman–Crippen LogP) is 14.3. The third kappa shape index (κ3) is 7.15. The van der Waals surface area contributed by atoms with E-state index < -0.39 is 0 Å². The standard InChI is InChI=1S/C56H47N4O.Pt/c1-55(2,3)39-33-40(56(4,5)6)35-42(34-39)59-49-26-12-10-21-45(49)46-25-15-24-44(53(46)59)37-29-30-57-48(32-37)38-18-14-17-36(31-38)43-23-16-27-50-52(43)58-54(47-22-11-13-28-51(47)61)60(50)41-19-8-7-9-20-41;/h7-30,32-35,61H,1-6H3;/q-1;. The van der Waals surface area contributed by atoms with E-state index in [9.17, 15) is 5.11 Å². The summed E-state index contributed by atoms with van der Waals surface area (Å²) >= 11 is 0. The molecule has 0 aliphatic rings. The molecule has 0 bridgehead atoms. The number of para-hydroxylation sites is 5. The number of hydrogen-bond donors (Lipinski definition) is 1. The number of phenols is 1. The van der Waals surface area contributed by atoms with Gasteiger partial charge in [0, 0.05) is 60.7 Å². The number of nitrogens with zero attached hydrogens (tertiary/aromatic N) is 4. The van der Waals surface area contributed by atoms with Gasteiger partial charge in [-0.2, -0.15) is 0 Å². The van der Waals surface area contributed by atoms with Crippen LogP contribution in [0.4, 0.5) is 0 Å². The summed E-state index contributed by atoms with van der Waals surface area (Å²) in [7, 11) is 0. The third-order valence-corrected chi connectivity index (χ3v) is 11.9. The molecule has 5 nitrogen and oxygen atoms in total. The van der Waals surface area contributed by atoms with Crippen molar-refractivity contribution in [3.05, 3.63) is 187 Å². The summed E-state index contributed by atoms with van der Waals surface area (Å²) < 4.78 is 4.59. The van der Waals surface area contributed by atoms with Crippen molar-refractivity contribution in [1.29, 1.82) is 0 Å². The molecule has 0 amide bonds. The molecule has 0 fully saturated rings. The molecule has 0 aliphatic heterocycles. The van der Waals surface area contributed by atoms with Gasteiger partial charge in [-0.05, 0) is 82.1 Å². The van der Waals surface area contributed by atoms with E-state index in [0.29, 0.717) is 11.4 Å². The molecule has 308 valence electrons. The van der Waals surface area contributed by atoms with E-state index in [1.54, 1.807) is 6.07 Å². The Bertz CT molecular complexity index is 3260. The zero-order valence-corrected chi connectivity index (χ0v) is 38.0. The normalized spacial score (nSPS) is 12.0. The van der Waals surface area contributed by atoms with Crippen molar-refractivity contribution in [2.75, 3.05) is 0 Å². The Hall–Kier alpha value is -6.55. The van der Waals surface area contributed by atoms with E-state index in [2.05, 4.69) is 178 Å². The molecule has 6 heteroatoms. The molecule has 10 rings (SSSR count). The molecule has 0 unspecified atom stereocenters. The number of fused-ring (bicyclic) bond motifs is 4. The second kappa shape index (κ2) is 15.7. The summed E-state index contributed by atoms with van der Waals surface area (Å²) in [5, 5.41) is 13.4. The van der Waals surface area contributed by atoms with Gasteiger partial charge < -0.3 is 9.67 Å². The van der Waals surface area contributed by atoms with Crippen molar-refractivity contribution in [3.63, 3.8) is 0 Å². The van der Waals surface area contributed by atoms with Gasteiger partial charge in [0.2, 0.25) is 0 Å². The van der Waals surface area contributed by atoms with Gasteiger partial charge in [0.1, 0.15) is 11.6 Å². The molecule has 1 N–H and O–H groups in total. The van der Waals surface area contributed by atoms with Crippen molar-refractivity contribution in [2.45, 2.75) is 52.4 Å². The summed E-state index contributed by atoms with van der Waals surface area (Å²) in [6, 6.07) is 60.6. The second-order valence-electron chi connectivity index (χ2n) is 18.0. The summed E-state index contributed by atoms with van der Waals surface area (Å²) in [6.45, 7) is 13.8. The maximum absolute atomic E-state index is 11.0. The van der Waals surface area contributed by atoms with Gasteiger partial charge in [-0.3, -0.25) is 9.55 Å². The number of phenolic OH excluding ortho intramolecular Hbond substituents is 1. The van der Waals surface area contributed by atoms with Crippen LogP contribution in [-0.4, -0.2) is 24.2 Å². The predicted molar refractivity (Wildman–Crippen MR) is 253 cm³/mol. The Morgan fingerprint density at radius 3 is 1.89 bits per heavy atom. The van der Waals surface area contributed by atoms with E-state index in [1.165, 1.54) is 38.6 Å². The van der Waals surface area contributed by atoms with Crippen LogP contribution in [0.2, 0.25) is 0 Å². The molecule has 0 saturated heterocycles. The van der Waals surface area contributed by atoms with Crippen LogP contribution >= 0.6 is 0 Å². The molecule has 0 atom stereocenters. The van der Waals surface area contributed by atoms with Gasteiger partial charge in [0.05, 0.1) is 27.6 Å². The average molecular weight is 987 g/mol. The second-order valence-corrected chi connectivity index (χ2v) is 18.0. The fourth-order valence-electron chi connectivity index (χ4n) is 8.65. The number of hydrogen-bond acceptors (Lipinski definition) is 3. The van der Waals surface area contributed by atoms with E-state index in [0.717, 1.165) is 50.2 Å². The zero-order valence-electron chi connectivity index (χ0n) is 35.7. The Balaban J connectivity index is 0.00000490. The van der Waals surface area contributed by atoms with E-state index >= 15 is 0 Å². The number of aromatic nitrogens is 4. The first kappa shape index (κ1) is 40.8. The Kier molecular flexibility index (Phi) is 10.4. The van der Waals surface area contributed by atoms with Crippen LogP contribution in [0.5, 0.6) is 5.75 Å². The maximum Gasteiger partial charge on any atom is 0.148 e. The molecular weight excluding hydrogens is 940 g/mol. The molecule has 3 heterocycles. The Morgan fingerprint density at radius 2 is 1.13 bits per heavy atom. The van der Waals surface area contributed by atoms with Crippen molar-refractivity contribution in [2.24, 2.45) is 0 Å². The van der Waals surface area contributed by atoms with Crippen LogP contribution in [0.3, 0.4) is 0 Å². The first-order valence-corrected chi connectivity index (χ1v) is 21.0. The van der Waals surface area contributed by atoms with Gasteiger partial charge >= 0.3 is 0 Å². The van der Waals surface area contributed by atoms with Gasteiger partial charge in [0.25, 0.3) is 0 Å². The Labute approximate surface area is 377 Å². The van der Waals surface area contributed by atoms with Gasteiger partial charge in [0.15, 0.2) is 0 Å². The summed E-state index contributed by atoms with van der Waals surface area (Å²) in [4.78, 5) is 10.2. The molecule has 0 saturated carbocycles. The minimum absolute atomic E-state index is 0. The quantitative estimate of drug-likeness (QED) is 0.169. The third-order valence-electron chi connectivity index (χ3n) is 11.9. The largest absolute Gasteiger partial charge is 0.507 e. The summed E-state index contributed by atoms with van der Waals surface area (Å²) in [5.74, 6) is 0.851. The monoisotopic (exact) mass is 986 g/mol. The maximum atomic E-state index is 11.0. The minimum atomic E-state index is -0.0246. The van der Waals surface area contributed by atoms with Crippen molar-refractivity contribution >= 4 is 32.8 Å². The smallest absolute Gasteiger partial charge is 0.148 e. The van der Waals surface area contributed by atoms with E-state index in [4.69, 9.17) is 9.97 Å². The van der Waals surface area contributed by atoms with Crippen LogP contribution in [0.15, 0.2) is 170 Å². The van der Waals surface area contributed by atoms with Crippen molar-refractivity contribution in [1.82, 2.24) is 19.1 Å². The van der Waals surface area contributed by atoms with Gasteiger partial charge in [-0.25, -0.2) is 4.98 Å². The van der Waals surface area contributed by atoms with Crippen LogP contribution in [-0.2, 0) is 31.9 Å². The molecule has 0 radical (unpaired) electrons. The first-order chi connectivity index (χ1) is 29.4. The number of rotatable bonds is 6. The summed E-state index contributed by atoms with van der Waals surface area (Å²) in [5.41, 5.74) is 15.3. The summed E-state index contributed by atoms with van der Waals surface area (Å²) in [6.07, 6.45) is 1.91. The first-order valence-electron chi connectivity index (χ1n) is 21.0. The molecule has 0 aliphatic carbocycles. The number of imidazole rings is 1. The van der Waals surface area contributed by atoms with E-state index in [1.807, 2.05) is 42.6 Å². The molecule has 10 aromatic rings. The number of aromatic hydroxyl groups is 1. The fourth-order valence-corrected chi connectivity index (χ4v) is 8.65. The van der Waals surface area contributed by atoms with Gasteiger partial charge in [-0.1, -0.05) is 144 Å². The van der Waals surface area contributed by atoms with Crippen LogP contribution in [0.25, 0.3) is 89.1 Å². The van der Waals surface area contributed by atoms with Gasteiger partial charge in [-0.15, -0.1) is 29.8 Å². The molecule has 62 heavy (non-hydrogen) atoms. The van der Waals surface area contributed by atoms with Crippen LogP contribution in [0, 0.1) is 6.07 Å². The Morgan fingerprint density at radius 1 is 0.516 bits per heavy atom. The fraction of sp³-hybridized carbons (Fsp3) is 0.143. The SMILES string of the molecule is CC(C)(C)c1cc(-n2c3ccccc3c3cccc(-c4ccnc(-c5[c-]c(-c6cccc7c6nc(-c6ccccc6O)n7-c6ccccc6)ccc5)c4)c32)cc(C(C)(C)C)c1.[Pt]. The average Bonchev–Trinajstić information content (AvgIpc) is 3.83. The topological polar surface area (TPSA) is 55.9 Å². The van der Waals surface area contributed by atoms with Crippen molar-refractivity contribution in [3.8, 4) is 62.0 Å². The number of benzene rings is 7. The van der Waals surface area contributed by atoms with Crippen LogP contribution in [0.1, 0.15) is 52.7 Å².